The number of hydrogen-bond donors (Lipinski definition) is 0. The molecule has 0 unspecified atom stereocenters. The van der Waals surface area contributed by atoms with Crippen molar-refractivity contribution in [3.63, 3.8) is 0 Å². The predicted molar refractivity (Wildman–Crippen MR) is 53.9 cm³/mol. The van der Waals surface area contributed by atoms with Crippen LogP contribution in [0.15, 0.2) is 33.4 Å². The van der Waals surface area contributed by atoms with Crippen molar-refractivity contribution in [2.75, 3.05) is 0 Å². The molecule has 0 atom stereocenters. The summed E-state index contributed by atoms with van der Waals surface area (Å²) in [7, 11) is 0. The van der Waals surface area contributed by atoms with Gasteiger partial charge in [0.05, 0.1) is 10.6 Å². The topological polar surface area (TPSA) is 84.9 Å². The van der Waals surface area contributed by atoms with Crippen molar-refractivity contribution < 1.29 is 9.72 Å². The minimum absolute atomic E-state index is 0.0440. The lowest BCUT2D eigenvalue weighted by Gasteiger charge is -2.13. The second-order valence-corrected chi connectivity index (χ2v) is 3.25. The number of rotatable bonds is 1. The maximum atomic E-state index is 10.9. The number of nitro groups is 1. The standard InChI is InChI=1S/C8H4ClN3O3/c9-7-5-3-4(12(14)15)1-2-6(5)10-8(13)11-7/h1,3H,2H2. The van der Waals surface area contributed by atoms with E-state index in [0.29, 0.717) is 11.3 Å². The zero-order valence-electron chi connectivity index (χ0n) is 7.31. The molecule has 6 nitrogen and oxygen atoms in total. The third-order valence-corrected chi connectivity index (χ3v) is 2.25. The first-order valence-corrected chi connectivity index (χ1v) is 4.38. The van der Waals surface area contributed by atoms with Gasteiger partial charge in [0.1, 0.15) is 5.17 Å². The Hall–Kier alpha value is -1.82. The Kier molecular flexibility index (Phi) is 2.20. The van der Waals surface area contributed by atoms with E-state index in [2.05, 4.69) is 9.98 Å². The summed E-state index contributed by atoms with van der Waals surface area (Å²) in [4.78, 5) is 27.9. The molecule has 0 fully saturated rings. The summed E-state index contributed by atoms with van der Waals surface area (Å²) in [5.74, 6) is 0. The molecule has 7 heteroatoms. The zero-order valence-corrected chi connectivity index (χ0v) is 8.06. The van der Waals surface area contributed by atoms with Gasteiger partial charge in [0.2, 0.25) is 0 Å². The van der Waals surface area contributed by atoms with Crippen LogP contribution in [0.2, 0.25) is 0 Å². The molecule has 0 spiro atoms. The molecule has 0 saturated carbocycles. The molecule has 0 aromatic carbocycles. The van der Waals surface area contributed by atoms with Gasteiger partial charge in [0, 0.05) is 18.1 Å². The van der Waals surface area contributed by atoms with Crippen molar-refractivity contribution in [3.05, 3.63) is 33.5 Å². The van der Waals surface area contributed by atoms with Crippen molar-refractivity contribution in [2.24, 2.45) is 9.98 Å². The van der Waals surface area contributed by atoms with E-state index in [1.807, 2.05) is 0 Å². The Morgan fingerprint density at radius 3 is 2.87 bits per heavy atom. The average molecular weight is 226 g/mol. The lowest BCUT2D eigenvalue weighted by atomic mass is 10.0. The third-order valence-electron chi connectivity index (χ3n) is 1.97. The van der Waals surface area contributed by atoms with Crippen molar-refractivity contribution in [1.82, 2.24) is 0 Å². The summed E-state index contributed by atoms with van der Waals surface area (Å²) in [6, 6.07) is -0.676. The molecule has 0 N–H and O–H groups in total. The molecule has 0 aromatic heterocycles. The molecule has 1 aliphatic heterocycles. The summed E-state index contributed by atoms with van der Waals surface area (Å²) < 4.78 is 0. The van der Waals surface area contributed by atoms with E-state index in [1.54, 1.807) is 0 Å². The maximum Gasteiger partial charge on any atom is 0.368 e. The Labute approximate surface area is 88.8 Å². The van der Waals surface area contributed by atoms with Crippen LogP contribution in [0, 0.1) is 10.1 Å². The fraction of sp³-hybridized carbons (Fsp3) is 0.125. The van der Waals surface area contributed by atoms with Gasteiger partial charge in [-0.1, -0.05) is 11.6 Å². The summed E-state index contributed by atoms with van der Waals surface area (Å²) in [5.41, 5.74) is 0.711. The van der Waals surface area contributed by atoms with E-state index >= 15 is 0 Å². The molecule has 1 aliphatic carbocycles. The molecular formula is C8H4ClN3O3. The van der Waals surface area contributed by atoms with Crippen LogP contribution in [0.5, 0.6) is 0 Å². The molecule has 15 heavy (non-hydrogen) atoms. The van der Waals surface area contributed by atoms with Crippen LogP contribution in [-0.4, -0.2) is 21.8 Å². The van der Waals surface area contributed by atoms with Crippen molar-refractivity contribution in [3.8, 4) is 0 Å². The van der Waals surface area contributed by atoms with Gasteiger partial charge in [-0.25, -0.2) is 4.79 Å². The largest absolute Gasteiger partial charge is 0.368 e. The minimum Gasteiger partial charge on any atom is -0.258 e. The molecule has 0 radical (unpaired) electrons. The van der Waals surface area contributed by atoms with E-state index in [4.69, 9.17) is 11.6 Å². The predicted octanol–water partition coefficient (Wildman–Crippen LogP) is 1.69. The number of allylic oxidation sites excluding steroid dienone is 3. The van der Waals surface area contributed by atoms with Crippen LogP contribution in [0.25, 0.3) is 0 Å². The molecule has 1 heterocycles. The summed E-state index contributed by atoms with van der Waals surface area (Å²) in [6.45, 7) is 0. The monoisotopic (exact) mass is 225 g/mol. The maximum absolute atomic E-state index is 10.9. The van der Waals surface area contributed by atoms with Crippen LogP contribution >= 0.6 is 11.6 Å². The van der Waals surface area contributed by atoms with Gasteiger partial charge in [-0.2, -0.15) is 9.98 Å². The van der Waals surface area contributed by atoms with Crippen LogP contribution in [0.4, 0.5) is 4.79 Å². The highest BCUT2D eigenvalue weighted by Crippen LogP contribution is 2.22. The van der Waals surface area contributed by atoms with Gasteiger partial charge in [-0.05, 0) is 6.08 Å². The second-order valence-electron chi connectivity index (χ2n) is 2.89. The molecule has 2 rings (SSSR count). The third kappa shape index (κ3) is 1.71. The number of halogens is 1. The lowest BCUT2D eigenvalue weighted by Crippen LogP contribution is -2.19. The van der Waals surface area contributed by atoms with Crippen LogP contribution < -0.4 is 0 Å². The van der Waals surface area contributed by atoms with Crippen LogP contribution in [-0.2, 0) is 0 Å². The minimum atomic E-state index is -0.676. The highest BCUT2D eigenvalue weighted by Gasteiger charge is 2.25. The number of urea groups is 1. The van der Waals surface area contributed by atoms with Gasteiger partial charge in [-0.3, -0.25) is 10.1 Å². The molecule has 0 saturated heterocycles. The van der Waals surface area contributed by atoms with Gasteiger partial charge in [0.15, 0.2) is 0 Å². The highest BCUT2D eigenvalue weighted by atomic mass is 35.5. The van der Waals surface area contributed by atoms with Crippen molar-refractivity contribution >= 4 is 28.5 Å². The first-order valence-electron chi connectivity index (χ1n) is 4.00. The van der Waals surface area contributed by atoms with E-state index in [9.17, 15) is 14.9 Å². The molecule has 0 bridgehead atoms. The Morgan fingerprint density at radius 1 is 1.47 bits per heavy atom. The SMILES string of the molecule is O=C1N=C(Cl)C2=CC([N+](=O)[O-])=CCC2=N1. The van der Waals surface area contributed by atoms with E-state index < -0.39 is 11.0 Å². The number of aliphatic imine (C=N–C) groups is 2. The number of fused-ring (bicyclic) bond motifs is 1. The Balaban J connectivity index is 2.45. The summed E-state index contributed by atoms with van der Waals surface area (Å²) in [5, 5.41) is 10.5. The van der Waals surface area contributed by atoms with Gasteiger partial charge in [0.25, 0.3) is 5.70 Å². The zero-order chi connectivity index (χ0) is 11.0. The van der Waals surface area contributed by atoms with E-state index in [0.717, 1.165) is 0 Å². The Morgan fingerprint density at radius 2 is 2.20 bits per heavy atom. The number of carbonyl (C=O) groups excluding carboxylic acids is 1. The van der Waals surface area contributed by atoms with Gasteiger partial charge >= 0.3 is 6.03 Å². The normalized spacial score (nSPS) is 19.7. The number of carbonyl (C=O) groups is 1. The number of amides is 2. The van der Waals surface area contributed by atoms with E-state index in [-0.39, 0.29) is 17.3 Å². The van der Waals surface area contributed by atoms with Crippen molar-refractivity contribution in [1.29, 1.82) is 0 Å². The van der Waals surface area contributed by atoms with Crippen LogP contribution in [0.3, 0.4) is 0 Å². The highest BCUT2D eigenvalue weighted by molar-refractivity contribution is 6.74. The van der Waals surface area contributed by atoms with Crippen LogP contribution in [0.1, 0.15) is 6.42 Å². The molecule has 76 valence electrons. The summed E-state index contributed by atoms with van der Waals surface area (Å²) in [6.07, 6.45) is 2.87. The van der Waals surface area contributed by atoms with Gasteiger partial charge < -0.3 is 0 Å². The smallest absolute Gasteiger partial charge is 0.258 e. The summed E-state index contributed by atoms with van der Waals surface area (Å²) >= 11 is 5.69. The fourth-order valence-electron chi connectivity index (χ4n) is 1.30. The van der Waals surface area contributed by atoms with Gasteiger partial charge in [-0.15, -0.1) is 0 Å². The Bertz CT molecular complexity index is 487. The van der Waals surface area contributed by atoms with Crippen molar-refractivity contribution in [2.45, 2.75) is 6.42 Å². The first kappa shape index (κ1) is 9.72. The molecule has 2 aliphatic rings. The molecular weight excluding hydrogens is 222 g/mol. The van der Waals surface area contributed by atoms with E-state index in [1.165, 1.54) is 12.2 Å². The second kappa shape index (κ2) is 3.39. The first-order chi connectivity index (χ1) is 7.08. The average Bonchev–Trinajstić information content (AvgIpc) is 2.16. The quantitative estimate of drug-likeness (QED) is 0.503. The fourth-order valence-corrected chi connectivity index (χ4v) is 1.53. The molecule has 0 aromatic rings. The number of nitrogens with zero attached hydrogens (tertiary/aromatic N) is 3. The lowest BCUT2D eigenvalue weighted by molar-refractivity contribution is -0.419. The molecule has 2 amide bonds. The number of hydrogen-bond acceptors (Lipinski definition) is 3.